The lowest BCUT2D eigenvalue weighted by molar-refractivity contribution is -0.193. The van der Waals surface area contributed by atoms with Gasteiger partial charge in [0.05, 0.1) is 16.6 Å². The maximum absolute atomic E-state index is 12.8. The highest BCUT2D eigenvalue weighted by atomic mass is 32.1. The van der Waals surface area contributed by atoms with E-state index in [1.807, 2.05) is 30.3 Å². The molecule has 9 nitrogen and oxygen atoms in total. The smallest absolute Gasteiger partial charge is 0.475 e. The number of aliphatic carboxylic acids is 2. The number of alkyl halides is 6. The Bertz CT molecular complexity index is 1110. The predicted octanol–water partition coefficient (Wildman–Crippen LogP) is 4.09. The number of carbonyl (C=O) groups is 3. The number of likely N-dealkylation sites (tertiary alicyclic amines) is 2. The van der Waals surface area contributed by atoms with E-state index in [4.69, 9.17) is 19.8 Å². The molecule has 2 aliphatic rings. The van der Waals surface area contributed by atoms with Crippen LogP contribution in [0.25, 0.3) is 0 Å². The highest BCUT2D eigenvalue weighted by Gasteiger charge is 2.50. The summed E-state index contributed by atoms with van der Waals surface area (Å²) in [6, 6.07) is 3.95. The molecule has 2 aromatic heterocycles. The van der Waals surface area contributed by atoms with Gasteiger partial charge in [-0.25, -0.2) is 14.6 Å². The van der Waals surface area contributed by atoms with Crippen LogP contribution in [0.4, 0.5) is 26.3 Å². The van der Waals surface area contributed by atoms with Gasteiger partial charge in [-0.05, 0) is 37.8 Å². The number of aryl methyl sites for hydroxylation is 1. The standard InChI is InChI=1S/C19H24N4OS.2C2HF3O2/c1-14-21-16(13-25-14)12-23-8-5-19(6-9-23)10-17(18(24)22(19)2)15-4-3-7-20-11-15;2*3-2(4,5)1(6)7/h3-4,7,11,13,17H,5-6,8-10,12H2,1-2H3;2*(H,6,7). The number of carboxylic acid groups (broad SMARTS) is 2. The van der Waals surface area contributed by atoms with E-state index in [9.17, 15) is 31.1 Å². The van der Waals surface area contributed by atoms with Crippen LogP contribution < -0.4 is 0 Å². The van der Waals surface area contributed by atoms with Crippen molar-refractivity contribution in [3.05, 3.63) is 46.2 Å². The highest BCUT2D eigenvalue weighted by molar-refractivity contribution is 7.09. The van der Waals surface area contributed by atoms with Crippen LogP contribution in [0.1, 0.15) is 41.4 Å². The maximum Gasteiger partial charge on any atom is 0.490 e. The Kier molecular flexibility index (Phi) is 10.4. The quantitative estimate of drug-likeness (QED) is 0.517. The van der Waals surface area contributed by atoms with Gasteiger partial charge >= 0.3 is 24.3 Å². The molecule has 1 spiro atoms. The van der Waals surface area contributed by atoms with Gasteiger partial charge in [0.2, 0.25) is 5.91 Å². The van der Waals surface area contributed by atoms with Crippen LogP contribution in [0.15, 0.2) is 29.9 Å². The SMILES string of the molecule is Cc1nc(CN2CCC3(CC2)CC(c2cccnc2)C(=O)N3C)cs1.O=C(O)C(F)(F)F.O=C(O)C(F)(F)F. The molecule has 4 rings (SSSR count). The first-order valence-electron chi connectivity index (χ1n) is 11.4. The zero-order chi connectivity index (χ0) is 29.6. The number of amides is 1. The van der Waals surface area contributed by atoms with E-state index in [0.717, 1.165) is 49.5 Å². The van der Waals surface area contributed by atoms with Gasteiger partial charge in [0, 0.05) is 50.0 Å². The topological polar surface area (TPSA) is 124 Å². The lowest BCUT2D eigenvalue weighted by Crippen LogP contribution is -2.51. The number of hydrogen-bond donors (Lipinski definition) is 2. The average Bonchev–Trinajstić information content (AvgIpc) is 3.37. The van der Waals surface area contributed by atoms with Gasteiger partial charge in [0.25, 0.3) is 0 Å². The third-order valence-electron chi connectivity index (χ3n) is 6.34. The number of carbonyl (C=O) groups excluding carboxylic acids is 1. The van der Waals surface area contributed by atoms with Crippen LogP contribution in [-0.4, -0.2) is 85.9 Å². The van der Waals surface area contributed by atoms with Gasteiger partial charge in [-0.2, -0.15) is 26.3 Å². The molecule has 0 radical (unpaired) electrons. The van der Waals surface area contributed by atoms with E-state index >= 15 is 0 Å². The number of aromatic nitrogens is 2. The van der Waals surface area contributed by atoms with E-state index in [-0.39, 0.29) is 17.4 Å². The van der Waals surface area contributed by atoms with E-state index < -0.39 is 24.3 Å². The second kappa shape index (κ2) is 12.7. The van der Waals surface area contributed by atoms with Crippen LogP contribution in [-0.2, 0) is 20.9 Å². The third kappa shape index (κ3) is 8.88. The summed E-state index contributed by atoms with van der Waals surface area (Å²) in [6.07, 6.45) is -3.57. The average molecular weight is 585 g/mol. The Balaban J connectivity index is 0.000000317. The molecule has 1 atom stereocenters. The fraction of sp³-hybridized carbons (Fsp3) is 0.522. The van der Waals surface area contributed by atoms with Crippen LogP contribution in [0.2, 0.25) is 0 Å². The number of halogens is 6. The number of hydrogen-bond acceptors (Lipinski definition) is 7. The fourth-order valence-electron chi connectivity index (χ4n) is 4.29. The molecule has 2 aromatic rings. The molecule has 1 unspecified atom stereocenters. The Labute approximate surface area is 223 Å². The molecule has 2 aliphatic heterocycles. The second-order valence-electron chi connectivity index (χ2n) is 8.90. The molecule has 2 saturated heterocycles. The first kappa shape index (κ1) is 31.9. The van der Waals surface area contributed by atoms with E-state index in [1.54, 1.807) is 17.5 Å². The van der Waals surface area contributed by atoms with Crippen LogP contribution in [0, 0.1) is 6.92 Å². The van der Waals surface area contributed by atoms with Crippen LogP contribution in [0.5, 0.6) is 0 Å². The molecule has 2 fully saturated rings. The molecule has 0 aromatic carbocycles. The number of likely N-dealkylation sites (N-methyl/N-ethyl adjacent to an activating group) is 1. The molecule has 16 heteroatoms. The number of thiazole rings is 1. The Morgan fingerprint density at radius 1 is 1.10 bits per heavy atom. The van der Waals surface area contributed by atoms with E-state index in [2.05, 4.69) is 27.2 Å². The number of carboxylic acids is 2. The van der Waals surface area contributed by atoms with Crippen molar-refractivity contribution in [2.75, 3.05) is 20.1 Å². The number of nitrogens with zero attached hydrogens (tertiary/aromatic N) is 4. The second-order valence-corrected chi connectivity index (χ2v) is 9.97. The first-order valence-corrected chi connectivity index (χ1v) is 12.3. The fourth-order valence-corrected chi connectivity index (χ4v) is 4.89. The van der Waals surface area contributed by atoms with Crippen LogP contribution in [0.3, 0.4) is 0 Å². The predicted molar refractivity (Wildman–Crippen MR) is 126 cm³/mol. The molecule has 216 valence electrons. The molecular weight excluding hydrogens is 558 g/mol. The molecule has 0 bridgehead atoms. The largest absolute Gasteiger partial charge is 0.490 e. The summed E-state index contributed by atoms with van der Waals surface area (Å²) in [4.78, 5) is 43.9. The van der Waals surface area contributed by atoms with Crippen molar-refractivity contribution in [1.82, 2.24) is 19.8 Å². The van der Waals surface area contributed by atoms with Crippen molar-refractivity contribution in [2.45, 2.75) is 56.5 Å². The van der Waals surface area contributed by atoms with Crippen molar-refractivity contribution in [1.29, 1.82) is 0 Å². The minimum absolute atomic E-state index is 0.00603. The van der Waals surface area contributed by atoms with Crippen molar-refractivity contribution < 1.29 is 50.9 Å². The lowest BCUT2D eigenvalue weighted by atomic mass is 9.81. The number of piperidine rings is 1. The van der Waals surface area contributed by atoms with Crippen molar-refractivity contribution in [3.63, 3.8) is 0 Å². The van der Waals surface area contributed by atoms with Crippen molar-refractivity contribution >= 4 is 29.2 Å². The summed E-state index contributed by atoms with van der Waals surface area (Å²) >= 11 is 1.71. The number of rotatable bonds is 3. The van der Waals surface area contributed by atoms with Gasteiger partial charge in [0.1, 0.15) is 0 Å². The third-order valence-corrected chi connectivity index (χ3v) is 7.16. The Morgan fingerprint density at radius 3 is 2.05 bits per heavy atom. The van der Waals surface area contributed by atoms with Gasteiger partial charge in [-0.15, -0.1) is 11.3 Å². The minimum Gasteiger partial charge on any atom is -0.475 e. The van der Waals surface area contributed by atoms with E-state index in [0.29, 0.717) is 0 Å². The normalized spacial score (nSPS) is 19.1. The summed E-state index contributed by atoms with van der Waals surface area (Å²) in [5.41, 5.74) is 2.23. The molecular formula is C23H26F6N4O5S. The first-order chi connectivity index (χ1) is 18.0. The zero-order valence-corrected chi connectivity index (χ0v) is 21.6. The summed E-state index contributed by atoms with van der Waals surface area (Å²) in [5.74, 6) is -5.30. The van der Waals surface area contributed by atoms with E-state index in [1.165, 1.54) is 5.69 Å². The van der Waals surface area contributed by atoms with Crippen molar-refractivity contribution in [2.24, 2.45) is 0 Å². The lowest BCUT2D eigenvalue weighted by Gasteiger charge is -2.43. The maximum atomic E-state index is 12.8. The van der Waals surface area contributed by atoms with Gasteiger partial charge < -0.3 is 15.1 Å². The Morgan fingerprint density at radius 2 is 1.64 bits per heavy atom. The van der Waals surface area contributed by atoms with Gasteiger partial charge in [-0.3, -0.25) is 14.7 Å². The van der Waals surface area contributed by atoms with Gasteiger partial charge in [-0.1, -0.05) is 6.07 Å². The van der Waals surface area contributed by atoms with Gasteiger partial charge in [0.15, 0.2) is 0 Å². The monoisotopic (exact) mass is 584 g/mol. The minimum atomic E-state index is -5.08. The number of pyridine rings is 1. The summed E-state index contributed by atoms with van der Waals surface area (Å²) < 4.78 is 63.5. The summed E-state index contributed by atoms with van der Waals surface area (Å²) in [6.45, 7) is 5.02. The molecule has 4 heterocycles. The summed E-state index contributed by atoms with van der Waals surface area (Å²) in [5, 5.41) is 17.5. The van der Waals surface area contributed by atoms with Crippen molar-refractivity contribution in [3.8, 4) is 0 Å². The highest BCUT2D eigenvalue weighted by Crippen LogP contribution is 2.44. The van der Waals surface area contributed by atoms with Crippen LogP contribution >= 0.6 is 11.3 Å². The summed E-state index contributed by atoms with van der Waals surface area (Å²) in [7, 11) is 1.98. The molecule has 0 aliphatic carbocycles. The Hall–Kier alpha value is -3.27. The zero-order valence-electron chi connectivity index (χ0n) is 20.8. The molecule has 1 amide bonds. The molecule has 39 heavy (non-hydrogen) atoms. The molecule has 2 N–H and O–H groups in total. The molecule has 0 saturated carbocycles.